The molecule has 3 rings (SSSR count). The Kier molecular flexibility index (Phi) is 6.73. The first-order valence-corrected chi connectivity index (χ1v) is 10.8. The van der Waals surface area contributed by atoms with E-state index in [0.717, 1.165) is 0 Å². The molecule has 0 spiro atoms. The van der Waals surface area contributed by atoms with E-state index in [-0.39, 0.29) is 17.7 Å². The Morgan fingerprint density at radius 3 is 2.78 bits per heavy atom. The molecule has 154 valence electrons. The van der Waals surface area contributed by atoms with Crippen LogP contribution < -0.4 is 10.3 Å². The first-order chi connectivity index (χ1) is 13.6. The van der Waals surface area contributed by atoms with Crippen LogP contribution in [0.4, 0.5) is 0 Å². The number of fused-ring (bicyclic) bond motifs is 3. The Bertz CT molecular complexity index is 728. The largest absolute Gasteiger partial charge is 0.456 e. The van der Waals surface area contributed by atoms with Crippen LogP contribution in [0.25, 0.3) is 0 Å². The number of hydrogen-bond donors (Lipinski definition) is 1. The molecule has 0 aromatic carbocycles. The van der Waals surface area contributed by atoms with E-state index >= 15 is 0 Å². The van der Waals surface area contributed by atoms with Crippen LogP contribution in [-0.4, -0.2) is 65.4 Å². The van der Waals surface area contributed by atoms with Gasteiger partial charge in [0.05, 0.1) is 12.7 Å². The van der Waals surface area contributed by atoms with Gasteiger partial charge in [0.25, 0.3) is 5.56 Å². The number of aromatic nitrogens is 2. The van der Waals surface area contributed by atoms with E-state index in [4.69, 9.17) is 16.8 Å². The normalized spacial score (nSPS) is 28.2. The molecule has 0 amide bonds. The molecule has 1 N–H and O–H groups in total. The van der Waals surface area contributed by atoms with E-state index in [9.17, 15) is 4.79 Å². The summed E-state index contributed by atoms with van der Waals surface area (Å²) in [4.78, 5) is 15.6. The van der Waals surface area contributed by atoms with Crippen molar-refractivity contribution in [1.29, 1.82) is 1.43 Å². The molecule has 2 unspecified atom stereocenters. The van der Waals surface area contributed by atoms with Crippen LogP contribution in [0.5, 0.6) is 6.01 Å². The summed E-state index contributed by atoms with van der Waals surface area (Å²) in [5, 5.41) is 3.50. The Balaban J connectivity index is 0.000000941. The molecule has 8 nitrogen and oxygen atoms in total. The predicted octanol–water partition coefficient (Wildman–Crippen LogP) is 2.29. The summed E-state index contributed by atoms with van der Waals surface area (Å²) in [7, 11) is 0.525. The Morgan fingerprint density at radius 2 is 2.19 bits per heavy atom. The molecule has 0 bridgehead atoms. The molecule has 2 aliphatic rings. The van der Waals surface area contributed by atoms with Crippen molar-refractivity contribution in [3.05, 3.63) is 22.1 Å². The Labute approximate surface area is 165 Å². The maximum atomic E-state index is 11.7. The van der Waals surface area contributed by atoms with Gasteiger partial charge in [-0.3, -0.25) is 14.0 Å². The van der Waals surface area contributed by atoms with Gasteiger partial charge >= 0.3 is 6.01 Å². The molecule has 2 aliphatic heterocycles. The van der Waals surface area contributed by atoms with E-state index < -0.39 is 27.0 Å². The summed E-state index contributed by atoms with van der Waals surface area (Å²) in [6.45, 7) is 12.8. The van der Waals surface area contributed by atoms with Gasteiger partial charge in [-0.15, -0.1) is 0 Å². The van der Waals surface area contributed by atoms with Crippen molar-refractivity contribution in [2.24, 2.45) is 0 Å². The Morgan fingerprint density at radius 1 is 1.56 bits per heavy atom. The fourth-order valence-electron chi connectivity index (χ4n) is 3.46. The van der Waals surface area contributed by atoms with Crippen LogP contribution >= 0.6 is 8.30 Å². The zero-order chi connectivity index (χ0) is 21.9. The summed E-state index contributed by atoms with van der Waals surface area (Å²) < 4.78 is 36.1. The van der Waals surface area contributed by atoms with E-state index in [1.807, 2.05) is 0 Å². The second-order valence-corrected chi connectivity index (χ2v) is 8.73. The number of hydrogen-bond acceptors (Lipinski definition) is 7. The molecule has 1 fully saturated rings. The lowest BCUT2D eigenvalue weighted by Gasteiger charge is -2.35. The average Bonchev–Trinajstić information content (AvgIpc) is 3.10. The van der Waals surface area contributed by atoms with E-state index in [2.05, 4.69) is 49.1 Å². The standard InChI is InChI=1S/C17H28N3O4P.CH4O/c1-10(2)20(11(3)4)25(6)22-9-13-7-14-16(23-13)19-8-12(5)15(21)18-17(19)24-14;1-2/h8,10-11,13-14,16H,7,9H2,1-6H3;2H,1H3/t13-,14+,16+,25?;/m0./s1/i7D;2T/t7?,13-,14+,16+,25?;. The van der Waals surface area contributed by atoms with Crippen LogP contribution in [0.1, 0.15) is 47.3 Å². The number of aryl methyl sites for hydroxylation is 1. The SMILES string of the molecule is [2H]C1[C@H]2Oc3nc(=O)c(C)cn3[C@@H]2O[C@@H]1COP(C)N(C(C)C)C(C)C.[3H]OC. The predicted molar refractivity (Wildman–Crippen MR) is 105 cm³/mol. The minimum atomic E-state index is -0.766. The van der Waals surface area contributed by atoms with E-state index in [1.165, 1.54) is 7.11 Å². The van der Waals surface area contributed by atoms with Gasteiger partial charge in [-0.25, -0.2) is 0 Å². The smallest absolute Gasteiger partial charge is 0.302 e. The third-order valence-corrected chi connectivity index (χ3v) is 6.51. The van der Waals surface area contributed by atoms with Crippen LogP contribution in [0, 0.1) is 6.92 Å². The topological polar surface area (TPSA) is 86.0 Å². The first-order valence-electron chi connectivity index (χ1n) is 10.1. The van der Waals surface area contributed by atoms with Crippen molar-refractivity contribution in [3.8, 4) is 6.01 Å². The molecule has 0 radical (unpaired) electrons. The number of aliphatic hydroxyl groups is 1. The summed E-state index contributed by atoms with van der Waals surface area (Å²) in [5.74, 6) is 0. The monoisotopic (exact) mass is 404 g/mol. The van der Waals surface area contributed by atoms with Gasteiger partial charge in [0.1, 0.15) is 14.4 Å². The second-order valence-electron chi connectivity index (χ2n) is 7.09. The van der Waals surface area contributed by atoms with Gasteiger partial charge in [0, 0.05) is 38.7 Å². The molecule has 0 saturated carbocycles. The van der Waals surface area contributed by atoms with E-state index in [0.29, 0.717) is 24.3 Å². The van der Waals surface area contributed by atoms with Crippen molar-refractivity contribution in [3.63, 3.8) is 0 Å². The average molecular weight is 404 g/mol. The quantitative estimate of drug-likeness (QED) is 0.728. The zero-order valence-electron chi connectivity index (χ0n) is 19.1. The highest BCUT2D eigenvalue weighted by Crippen LogP contribution is 2.43. The first kappa shape index (κ1) is 19.3. The third kappa shape index (κ3) is 4.87. The van der Waals surface area contributed by atoms with Gasteiger partial charge < -0.3 is 19.1 Å². The number of aliphatic hydroxyl groups excluding tert-OH is 1. The molecule has 5 atom stereocenters. The van der Waals surface area contributed by atoms with Crippen molar-refractivity contribution in [2.75, 3.05) is 20.4 Å². The Hall–Kier alpha value is -1.05. The van der Waals surface area contributed by atoms with Crippen LogP contribution in [-0.2, 0) is 9.26 Å². The minimum absolute atomic E-state index is 0.232. The van der Waals surface area contributed by atoms with Gasteiger partial charge in [0.2, 0.25) is 1.43 Å². The van der Waals surface area contributed by atoms with Crippen molar-refractivity contribution < 1.29 is 20.5 Å². The minimum Gasteiger partial charge on any atom is -0.456 e. The number of rotatable bonds is 6. The number of nitrogens with zero attached hydrogens (tertiary/aromatic N) is 3. The molecular weight excluding hydrogens is 369 g/mol. The van der Waals surface area contributed by atoms with Gasteiger partial charge in [-0.05, 0) is 41.3 Å². The molecule has 1 aromatic rings. The lowest BCUT2D eigenvalue weighted by Crippen LogP contribution is -2.33. The fourth-order valence-corrected chi connectivity index (χ4v) is 5.26. The molecule has 27 heavy (non-hydrogen) atoms. The highest BCUT2D eigenvalue weighted by atomic mass is 31.2. The molecule has 0 aliphatic carbocycles. The molecule has 9 heteroatoms. The summed E-state index contributed by atoms with van der Waals surface area (Å²) in [6.07, 6.45) is -0.165. The molecule has 3 heterocycles. The lowest BCUT2D eigenvalue weighted by atomic mass is 10.2. The highest BCUT2D eigenvalue weighted by Gasteiger charge is 2.44. The van der Waals surface area contributed by atoms with Gasteiger partial charge in [0.15, 0.2) is 6.23 Å². The maximum Gasteiger partial charge on any atom is 0.302 e. The summed E-state index contributed by atoms with van der Waals surface area (Å²) >= 11 is 0. The summed E-state index contributed by atoms with van der Waals surface area (Å²) in [5.41, 5.74) is 0.223. The molecule has 1 aromatic heterocycles. The van der Waals surface area contributed by atoms with E-state index in [1.54, 1.807) is 17.7 Å². The van der Waals surface area contributed by atoms with Gasteiger partial charge in [-0.1, -0.05) is 0 Å². The van der Waals surface area contributed by atoms with Crippen LogP contribution in [0.3, 0.4) is 0 Å². The highest BCUT2D eigenvalue weighted by molar-refractivity contribution is 7.49. The molecular formula is C18H32N3O5P. The van der Waals surface area contributed by atoms with Crippen LogP contribution in [0.2, 0.25) is 0 Å². The maximum absolute atomic E-state index is 11.7. The zero-order valence-corrected chi connectivity index (χ0v) is 18.0. The summed E-state index contributed by atoms with van der Waals surface area (Å²) in [6, 6.07) is 1.02. The molecule has 1 saturated heterocycles. The lowest BCUT2D eigenvalue weighted by molar-refractivity contribution is -0.0210. The van der Waals surface area contributed by atoms with Crippen LogP contribution in [0.15, 0.2) is 11.0 Å². The van der Waals surface area contributed by atoms with Crippen molar-refractivity contribution in [2.45, 2.75) is 71.5 Å². The van der Waals surface area contributed by atoms with Crippen molar-refractivity contribution in [1.82, 2.24) is 14.2 Å². The van der Waals surface area contributed by atoms with Gasteiger partial charge in [-0.2, -0.15) is 4.98 Å². The fraction of sp³-hybridized carbons (Fsp3) is 0.778. The van der Waals surface area contributed by atoms with Crippen molar-refractivity contribution >= 4 is 8.30 Å². The number of ether oxygens (including phenoxy) is 2. The third-order valence-electron chi connectivity index (χ3n) is 4.41. The second kappa shape index (κ2) is 9.43.